The predicted molar refractivity (Wildman–Crippen MR) is 51.9 cm³/mol. The molecule has 0 aromatic heterocycles. The van der Waals surface area contributed by atoms with E-state index in [1.54, 1.807) is 0 Å². The van der Waals surface area contributed by atoms with Gasteiger partial charge in [0.05, 0.1) is 12.1 Å². The standard InChI is InChI=1S/C6H10BN3O6/c7-6-4(9(13)14)1-3(8(11)12)2-5(6)10(15)16/h1-2,8-11,13,15H,7H2. The molecule has 0 spiro atoms. The fourth-order valence-corrected chi connectivity index (χ4v) is 1.28. The van der Waals surface area contributed by atoms with E-state index in [1.807, 2.05) is 0 Å². The maximum Gasteiger partial charge on any atom is 0.175 e. The zero-order valence-corrected chi connectivity index (χ0v) is 8.22. The molecule has 0 aliphatic heterocycles. The molecule has 10 heteroatoms. The average molecular weight is 231 g/mol. The summed E-state index contributed by atoms with van der Waals surface area (Å²) in [7, 11) is 1.32. The Morgan fingerprint density at radius 3 is 1.50 bits per heavy atom. The lowest BCUT2D eigenvalue weighted by Gasteiger charge is -2.21. The minimum absolute atomic E-state index is 0.0324. The Balaban J connectivity index is 3.39. The van der Waals surface area contributed by atoms with Crippen LogP contribution in [0.15, 0.2) is 12.1 Å². The third-order valence-corrected chi connectivity index (χ3v) is 2.12. The topological polar surface area (TPSA) is 143 Å². The fourth-order valence-electron chi connectivity index (χ4n) is 1.28. The van der Waals surface area contributed by atoms with E-state index in [2.05, 4.69) is 0 Å². The van der Waals surface area contributed by atoms with Gasteiger partial charge in [0, 0.05) is 5.46 Å². The summed E-state index contributed by atoms with van der Waals surface area (Å²) in [4.78, 5) is 0. The van der Waals surface area contributed by atoms with E-state index in [0.29, 0.717) is 0 Å². The van der Waals surface area contributed by atoms with Gasteiger partial charge in [-0.1, -0.05) is 0 Å². The molecule has 0 amide bonds. The Morgan fingerprint density at radius 1 is 0.875 bits per heavy atom. The summed E-state index contributed by atoms with van der Waals surface area (Å²) in [6, 6.07) is 1.87. The SMILES string of the molecule is Bc1c([NH+]([O-])O)cc([NH+]([O-])O)cc1[NH+]([O-])O. The van der Waals surface area contributed by atoms with Gasteiger partial charge in [0.2, 0.25) is 0 Å². The predicted octanol–water partition coefficient (Wildman–Crippen LogP) is -4.84. The molecule has 3 unspecified atom stereocenters. The van der Waals surface area contributed by atoms with E-state index in [-0.39, 0.29) is 22.5 Å². The van der Waals surface area contributed by atoms with E-state index in [9.17, 15) is 15.6 Å². The van der Waals surface area contributed by atoms with Gasteiger partial charge in [0.1, 0.15) is 0 Å². The van der Waals surface area contributed by atoms with Crippen molar-refractivity contribution >= 4 is 30.4 Å². The summed E-state index contributed by atoms with van der Waals surface area (Å²) >= 11 is 0. The average Bonchev–Trinajstić information content (AvgIpc) is 2.16. The van der Waals surface area contributed by atoms with Crippen LogP contribution in [-0.2, 0) is 0 Å². The second-order valence-electron chi connectivity index (χ2n) is 3.11. The summed E-state index contributed by atoms with van der Waals surface area (Å²) in [6.07, 6.45) is 0. The maximum atomic E-state index is 10.8. The Morgan fingerprint density at radius 2 is 1.25 bits per heavy atom. The number of hydrogen-bond donors (Lipinski definition) is 6. The van der Waals surface area contributed by atoms with Gasteiger partial charge >= 0.3 is 0 Å². The minimum atomic E-state index is -1.37. The second-order valence-corrected chi connectivity index (χ2v) is 3.11. The van der Waals surface area contributed by atoms with Crippen LogP contribution >= 0.6 is 0 Å². The number of hydrogen-bond acceptors (Lipinski definition) is 6. The van der Waals surface area contributed by atoms with Crippen LogP contribution in [0.3, 0.4) is 0 Å². The summed E-state index contributed by atoms with van der Waals surface area (Å²) in [5.41, 5.74) is -0.972. The van der Waals surface area contributed by atoms with Crippen molar-refractivity contribution in [1.82, 2.24) is 0 Å². The van der Waals surface area contributed by atoms with E-state index in [4.69, 9.17) is 15.6 Å². The molecule has 0 heterocycles. The van der Waals surface area contributed by atoms with Gasteiger partial charge in [-0.3, -0.25) is 0 Å². The number of quaternary nitrogens is 3. The molecule has 0 fully saturated rings. The molecule has 9 nitrogen and oxygen atoms in total. The van der Waals surface area contributed by atoms with Crippen molar-refractivity contribution < 1.29 is 31.3 Å². The third kappa shape index (κ3) is 2.54. The van der Waals surface area contributed by atoms with Crippen LogP contribution in [-0.4, -0.2) is 23.5 Å². The Labute approximate surface area is 90.4 Å². The molecule has 88 valence electrons. The molecule has 16 heavy (non-hydrogen) atoms. The highest BCUT2D eigenvalue weighted by atomic mass is 16.8. The fraction of sp³-hybridized carbons (Fsp3) is 0. The maximum absolute atomic E-state index is 10.8. The zero-order chi connectivity index (χ0) is 12.5. The minimum Gasteiger partial charge on any atom is -0.595 e. The highest BCUT2D eigenvalue weighted by molar-refractivity contribution is 6.38. The molecule has 0 aliphatic carbocycles. The molecule has 0 saturated carbocycles. The Bertz CT molecular complexity index is 356. The van der Waals surface area contributed by atoms with Crippen LogP contribution in [0.1, 0.15) is 0 Å². The highest BCUT2D eigenvalue weighted by Crippen LogP contribution is 2.10. The van der Waals surface area contributed by atoms with Gasteiger partial charge in [-0.05, 0) is 0 Å². The molecule has 3 atom stereocenters. The lowest BCUT2D eigenvalue weighted by molar-refractivity contribution is -1.00. The van der Waals surface area contributed by atoms with Crippen molar-refractivity contribution in [1.29, 1.82) is 0 Å². The largest absolute Gasteiger partial charge is 0.595 e. The molecule has 1 aromatic rings. The van der Waals surface area contributed by atoms with Crippen molar-refractivity contribution in [3.63, 3.8) is 0 Å². The number of rotatable bonds is 3. The summed E-state index contributed by atoms with van der Waals surface area (Å²) < 4.78 is 0. The van der Waals surface area contributed by atoms with Crippen molar-refractivity contribution in [3.8, 4) is 0 Å². The third-order valence-electron chi connectivity index (χ3n) is 2.12. The first-order valence-corrected chi connectivity index (χ1v) is 4.19. The van der Waals surface area contributed by atoms with E-state index in [1.165, 1.54) is 7.85 Å². The second kappa shape index (κ2) is 4.84. The molecule has 1 aromatic carbocycles. The van der Waals surface area contributed by atoms with Crippen molar-refractivity contribution in [2.24, 2.45) is 0 Å². The van der Waals surface area contributed by atoms with Crippen LogP contribution in [0.25, 0.3) is 0 Å². The van der Waals surface area contributed by atoms with Crippen molar-refractivity contribution in [2.75, 3.05) is 0 Å². The van der Waals surface area contributed by atoms with Crippen molar-refractivity contribution in [2.45, 2.75) is 0 Å². The van der Waals surface area contributed by atoms with Crippen LogP contribution in [0, 0.1) is 15.6 Å². The molecule has 6 N–H and O–H groups in total. The number of nitrogens with one attached hydrogen (secondary N) is 3. The highest BCUT2D eigenvalue weighted by Gasteiger charge is 2.19. The van der Waals surface area contributed by atoms with E-state index < -0.39 is 15.7 Å². The van der Waals surface area contributed by atoms with Gasteiger partial charge in [-0.2, -0.15) is 15.7 Å². The monoisotopic (exact) mass is 231 g/mol. The van der Waals surface area contributed by atoms with E-state index >= 15 is 0 Å². The van der Waals surface area contributed by atoms with Gasteiger partial charge in [-0.25, -0.2) is 15.6 Å². The van der Waals surface area contributed by atoms with E-state index in [0.717, 1.165) is 12.1 Å². The summed E-state index contributed by atoms with van der Waals surface area (Å²) in [5, 5.41) is 54.4. The van der Waals surface area contributed by atoms with Gasteiger partial charge in [0.15, 0.2) is 24.9 Å². The van der Waals surface area contributed by atoms with Crippen LogP contribution in [0.5, 0.6) is 0 Å². The van der Waals surface area contributed by atoms with Gasteiger partial charge < -0.3 is 15.6 Å². The summed E-state index contributed by atoms with van der Waals surface area (Å²) in [6.45, 7) is 0. The summed E-state index contributed by atoms with van der Waals surface area (Å²) in [5.74, 6) is 0. The first kappa shape index (κ1) is 13.0. The molecule has 0 bridgehead atoms. The quantitative estimate of drug-likeness (QED) is 0.227. The normalized spacial score (nSPS) is 16.9. The Hall–Kier alpha value is -1.08. The number of benzene rings is 1. The molecule has 0 radical (unpaired) electrons. The molecule has 1 rings (SSSR count). The lowest BCUT2D eigenvalue weighted by atomic mass is 9.91. The van der Waals surface area contributed by atoms with Crippen molar-refractivity contribution in [3.05, 3.63) is 27.8 Å². The smallest absolute Gasteiger partial charge is 0.175 e. The van der Waals surface area contributed by atoms with Crippen LogP contribution in [0.2, 0.25) is 0 Å². The van der Waals surface area contributed by atoms with Gasteiger partial charge in [0.25, 0.3) is 0 Å². The first-order chi connectivity index (χ1) is 7.34. The zero-order valence-electron chi connectivity index (χ0n) is 8.22. The molecule has 0 aliphatic rings. The first-order valence-electron chi connectivity index (χ1n) is 4.19. The lowest BCUT2D eigenvalue weighted by Crippen LogP contribution is -3.04. The van der Waals surface area contributed by atoms with Gasteiger partial charge in [-0.15, -0.1) is 0 Å². The van der Waals surface area contributed by atoms with Crippen LogP contribution < -0.4 is 21.1 Å². The molecular weight excluding hydrogens is 221 g/mol. The molecule has 0 saturated heterocycles. The molecular formula is C6H10BN3O6. The Kier molecular flexibility index (Phi) is 3.93. The van der Waals surface area contributed by atoms with Crippen LogP contribution in [0.4, 0.5) is 17.1 Å².